The molecule has 82 valence electrons. The van der Waals surface area contributed by atoms with Crippen LogP contribution in [0.25, 0.3) is 0 Å². The SMILES string of the molecule is C=C(CCC(=O)O)N1CCC#CCCC1. The average Bonchev–Trinajstić information content (AvgIpc) is 2.13. The molecule has 0 unspecified atom stereocenters. The third-order valence-electron chi connectivity index (χ3n) is 2.44. The van der Waals surface area contributed by atoms with Crippen molar-refractivity contribution < 1.29 is 9.90 Å². The molecule has 1 rings (SSSR count). The van der Waals surface area contributed by atoms with Crippen molar-refractivity contribution >= 4 is 5.97 Å². The van der Waals surface area contributed by atoms with Gasteiger partial charge in [0.1, 0.15) is 0 Å². The van der Waals surface area contributed by atoms with E-state index in [4.69, 9.17) is 5.11 Å². The predicted octanol–water partition coefficient (Wildman–Crippen LogP) is 1.85. The van der Waals surface area contributed by atoms with Gasteiger partial charge in [0.25, 0.3) is 0 Å². The van der Waals surface area contributed by atoms with Gasteiger partial charge >= 0.3 is 5.97 Å². The van der Waals surface area contributed by atoms with Crippen LogP contribution in [0.15, 0.2) is 12.3 Å². The second kappa shape index (κ2) is 6.13. The van der Waals surface area contributed by atoms with Crippen LogP contribution in [0.5, 0.6) is 0 Å². The Hall–Kier alpha value is -1.43. The zero-order chi connectivity index (χ0) is 11.1. The Morgan fingerprint density at radius 2 is 2.00 bits per heavy atom. The number of rotatable bonds is 4. The van der Waals surface area contributed by atoms with Crippen LogP contribution < -0.4 is 0 Å². The minimum Gasteiger partial charge on any atom is -0.481 e. The third-order valence-corrected chi connectivity index (χ3v) is 2.44. The molecule has 0 aromatic carbocycles. The Morgan fingerprint density at radius 3 is 2.73 bits per heavy atom. The van der Waals surface area contributed by atoms with Crippen molar-refractivity contribution in [2.45, 2.75) is 32.1 Å². The van der Waals surface area contributed by atoms with Crippen molar-refractivity contribution in [1.82, 2.24) is 4.90 Å². The van der Waals surface area contributed by atoms with E-state index in [0.29, 0.717) is 6.42 Å². The first kappa shape index (κ1) is 11.6. The van der Waals surface area contributed by atoms with Crippen molar-refractivity contribution in [1.29, 1.82) is 0 Å². The van der Waals surface area contributed by atoms with Crippen LogP contribution in [0, 0.1) is 11.8 Å². The highest BCUT2D eigenvalue weighted by Gasteiger charge is 2.09. The zero-order valence-corrected chi connectivity index (χ0v) is 8.96. The fourth-order valence-electron chi connectivity index (χ4n) is 1.56. The van der Waals surface area contributed by atoms with E-state index in [1.54, 1.807) is 0 Å². The lowest BCUT2D eigenvalue weighted by Crippen LogP contribution is -2.25. The van der Waals surface area contributed by atoms with Crippen LogP contribution in [-0.4, -0.2) is 29.1 Å². The van der Waals surface area contributed by atoms with Gasteiger partial charge in [0.05, 0.1) is 6.42 Å². The smallest absolute Gasteiger partial charge is 0.303 e. The lowest BCUT2D eigenvalue weighted by Gasteiger charge is -2.26. The fraction of sp³-hybridized carbons (Fsp3) is 0.583. The van der Waals surface area contributed by atoms with Gasteiger partial charge in [0, 0.05) is 31.6 Å². The molecule has 15 heavy (non-hydrogen) atoms. The predicted molar refractivity (Wildman–Crippen MR) is 59.2 cm³/mol. The first-order valence-corrected chi connectivity index (χ1v) is 5.30. The first-order valence-electron chi connectivity index (χ1n) is 5.30. The molecule has 0 fully saturated rings. The summed E-state index contributed by atoms with van der Waals surface area (Å²) in [5.41, 5.74) is 0.932. The third kappa shape index (κ3) is 4.55. The second-order valence-corrected chi connectivity index (χ2v) is 3.65. The molecule has 0 aliphatic carbocycles. The number of carboxylic acids is 1. The molecular formula is C12H17NO2. The molecule has 0 aromatic heterocycles. The highest BCUT2D eigenvalue weighted by atomic mass is 16.4. The van der Waals surface area contributed by atoms with E-state index >= 15 is 0 Å². The standard InChI is InChI=1S/C12H17NO2/c1-11(7-8-12(14)15)13-9-5-3-2-4-6-10-13/h1,3,5-10H2,(H,14,15). The Kier molecular flexibility index (Phi) is 4.76. The van der Waals surface area contributed by atoms with Crippen molar-refractivity contribution in [2.24, 2.45) is 0 Å². The molecule has 1 aliphatic heterocycles. The number of carbonyl (C=O) groups is 1. The number of aliphatic carboxylic acids is 1. The van der Waals surface area contributed by atoms with E-state index in [1.165, 1.54) is 0 Å². The summed E-state index contributed by atoms with van der Waals surface area (Å²) < 4.78 is 0. The van der Waals surface area contributed by atoms with Gasteiger partial charge < -0.3 is 10.0 Å². The van der Waals surface area contributed by atoms with E-state index in [-0.39, 0.29) is 6.42 Å². The Labute approximate surface area is 90.8 Å². The molecule has 0 saturated carbocycles. The lowest BCUT2D eigenvalue weighted by atomic mass is 10.1. The summed E-state index contributed by atoms with van der Waals surface area (Å²) in [5, 5.41) is 8.58. The maximum absolute atomic E-state index is 10.4. The summed E-state index contributed by atoms with van der Waals surface area (Å²) in [4.78, 5) is 12.6. The molecule has 1 N–H and O–H groups in total. The van der Waals surface area contributed by atoms with Gasteiger partial charge in [-0.15, -0.1) is 11.8 Å². The van der Waals surface area contributed by atoms with Crippen molar-refractivity contribution in [3.05, 3.63) is 12.3 Å². The molecule has 3 heteroatoms. The zero-order valence-electron chi connectivity index (χ0n) is 8.96. The summed E-state index contributed by atoms with van der Waals surface area (Å²) in [5.74, 6) is 5.42. The normalized spacial score (nSPS) is 15.9. The van der Waals surface area contributed by atoms with Crippen molar-refractivity contribution in [3.8, 4) is 11.8 Å². The molecule has 0 saturated heterocycles. The number of carboxylic acid groups (broad SMARTS) is 1. The lowest BCUT2D eigenvalue weighted by molar-refractivity contribution is -0.137. The summed E-state index contributed by atoms with van der Waals surface area (Å²) in [6.45, 7) is 5.77. The van der Waals surface area contributed by atoms with Gasteiger partial charge in [-0.2, -0.15) is 0 Å². The quantitative estimate of drug-likeness (QED) is 0.715. The fourth-order valence-corrected chi connectivity index (χ4v) is 1.56. The average molecular weight is 207 g/mol. The number of allylic oxidation sites excluding steroid dienone is 1. The molecule has 0 atom stereocenters. The van der Waals surface area contributed by atoms with Crippen LogP contribution in [0.4, 0.5) is 0 Å². The summed E-state index contributed by atoms with van der Waals surface area (Å²) >= 11 is 0. The topological polar surface area (TPSA) is 40.5 Å². The van der Waals surface area contributed by atoms with Crippen LogP contribution in [0.1, 0.15) is 32.1 Å². The van der Waals surface area contributed by atoms with E-state index in [1.807, 2.05) is 0 Å². The minimum atomic E-state index is -0.761. The molecule has 0 radical (unpaired) electrons. The van der Waals surface area contributed by atoms with Crippen molar-refractivity contribution in [3.63, 3.8) is 0 Å². The van der Waals surface area contributed by atoms with Gasteiger partial charge in [-0.3, -0.25) is 4.79 Å². The van der Waals surface area contributed by atoms with Gasteiger partial charge in [0.2, 0.25) is 0 Å². The molecule has 0 bridgehead atoms. The number of nitrogens with zero attached hydrogens (tertiary/aromatic N) is 1. The van der Waals surface area contributed by atoms with Crippen molar-refractivity contribution in [2.75, 3.05) is 13.1 Å². The van der Waals surface area contributed by atoms with E-state index in [2.05, 4.69) is 23.3 Å². The summed E-state index contributed by atoms with van der Waals surface area (Å²) in [7, 11) is 0. The first-order chi connectivity index (χ1) is 7.20. The highest BCUT2D eigenvalue weighted by Crippen LogP contribution is 2.12. The molecule has 1 heterocycles. The number of hydrogen-bond acceptors (Lipinski definition) is 2. The van der Waals surface area contributed by atoms with Gasteiger partial charge in [-0.1, -0.05) is 6.58 Å². The van der Waals surface area contributed by atoms with Crippen LogP contribution in [0.2, 0.25) is 0 Å². The van der Waals surface area contributed by atoms with Gasteiger partial charge in [-0.25, -0.2) is 0 Å². The van der Waals surface area contributed by atoms with E-state index < -0.39 is 5.97 Å². The minimum absolute atomic E-state index is 0.168. The Balaban J connectivity index is 2.38. The van der Waals surface area contributed by atoms with Crippen LogP contribution in [0.3, 0.4) is 0 Å². The Bertz CT molecular complexity index is 298. The molecule has 0 amide bonds. The largest absolute Gasteiger partial charge is 0.481 e. The summed E-state index contributed by atoms with van der Waals surface area (Å²) in [6, 6.07) is 0. The van der Waals surface area contributed by atoms with E-state index in [0.717, 1.165) is 38.0 Å². The molecular weight excluding hydrogens is 190 g/mol. The van der Waals surface area contributed by atoms with Crippen LogP contribution in [-0.2, 0) is 4.79 Å². The maximum atomic E-state index is 10.4. The molecule has 1 aliphatic rings. The molecule has 0 spiro atoms. The second-order valence-electron chi connectivity index (χ2n) is 3.65. The van der Waals surface area contributed by atoms with Gasteiger partial charge in [-0.05, 0) is 12.8 Å². The number of hydrogen-bond donors (Lipinski definition) is 1. The van der Waals surface area contributed by atoms with Gasteiger partial charge in [0.15, 0.2) is 0 Å². The maximum Gasteiger partial charge on any atom is 0.303 e. The summed E-state index contributed by atoms with van der Waals surface area (Å²) in [6.07, 6.45) is 3.54. The highest BCUT2D eigenvalue weighted by molar-refractivity contribution is 5.66. The van der Waals surface area contributed by atoms with E-state index in [9.17, 15) is 4.79 Å². The monoisotopic (exact) mass is 207 g/mol. The molecule has 3 nitrogen and oxygen atoms in total. The molecule has 0 aromatic rings. The van der Waals surface area contributed by atoms with Crippen LogP contribution >= 0.6 is 0 Å². The Morgan fingerprint density at radius 1 is 1.27 bits per heavy atom.